The largest absolute Gasteiger partial charge is 0.325 e. The molecule has 0 saturated carbocycles. The molecule has 0 bridgehead atoms. The summed E-state index contributed by atoms with van der Waals surface area (Å²) in [4.78, 5) is 29.1. The summed E-state index contributed by atoms with van der Waals surface area (Å²) >= 11 is 5.98. The van der Waals surface area contributed by atoms with Crippen LogP contribution in [0.4, 0.5) is 5.69 Å². The van der Waals surface area contributed by atoms with E-state index in [-0.39, 0.29) is 11.8 Å². The maximum atomic E-state index is 12.9. The zero-order valence-corrected chi connectivity index (χ0v) is 15.4. The lowest BCUT2D eigenvalue weighted by molar-refractivity contribution is -0.124. The minimum atomic E-state index is -0.514. The van der Waals surface area contributed by atoms with Crippen LogP contribution in [0.25, 0.3) is 0 Å². The summed E-state index contributed by atoms with van der Waals surface area (Å²) in [6.45, 7) is 6.76. The molecule has 0 aromatic heterocycles. The second kappa shape index (κ2) is 6.89. The van der Waals surface area contributed by atoms with Crippen molar-refractivity contribution in [2.24, 2.45) is 0 Å². The summed E-state index contributed by atoms with van der Waals surface area (Å²) in [7, 11) is 0. The number of anilines is 1. The van der Waals surface area contributed by atoms with Gasteiger partial charge >= 0.3 is 0 Å². The Morgan fingerprint density at radius 3 is 2.60 bits per heavy atom. The summed E-state index contributed by atoms with van der Waals surface area (Å²) < 4.78 is 0. The highest BCUT2D eigenvalue weighted by Gasteiger charge is 2.35. The fraction of sp³-hybridized carbons (Fsp3) is 0.300. The molecule has 1 aliphatic heterocycles. The summed E-state index contributed by atoms with van der Waals surface area (Å²) in [5.41, 5.74) is 3.60. The van der Waals surface area contributed by atoms with Crippen molar-refractivity contribution in [3.63, 3.8) is 0 Å². The van der Waals surface area contributed by atoms with E-state index < -0.39 is 6.04 Å². The number of rotatable bonds is 2. The zero-order valence-electron chi connectivity index (χ0n) is 14.6. The minimum Gasteiger partial charge on any atom is -0.325 e. The molecule has 1 unspecified atom stereocenters. The molecule has 1 fully saturated rings. The Balaban J connectivity index is 1.84. The lowest BCUT2D eigenvalue weighted by Gasteiger charge is -2.39. The maximum absolute atomic E-state index is 12.9. The third-order valence-electron chi connectivity index (χ3n) is 4.64. The molecule has 130 valence electrons. The molecule has 5 heteroatoms. The van der Waals surface area contributed by atoms with E-state index >= 15 is 0 Å². The highest BCUT2D eigenvalue weighted by molar-refractivity contribution is 6.31. The zero-order chi connectivity index (χ0) is 18.1. The number of benzene rings is 2. The quantitative estimate of drug-likeness (QED) is 0.820. The lowest BCUT2D eigenvalue weighted by atomic mass is 10.1. The van der Waals surface area contributed by atoms with Crippen molar-refractivity contribution in [2.75, 3.05) is 18.0 Å². The molecule has 0 N–H and O–H groups in total. The lowest BCUT2D eigenvalue weighted by Crippen LogP contribution is -2.58. The number of carbonyl (C=O) groups excluding carboxylic acids is 2. The van der Waals surface area contributed by atoms with Gasteiger partial charge in [0, 0.05) is 29.4 Å². The van der Waals surface area contributed by atoms with Crippen LogP contribution in [0.1, 0.15) is 28.4 Å². The molecule has 0 spiro atoms. The Labute approximate surface area is 153 Å². The number of hydrogen-bond acceptors (Lipinski definition) is 2. The molecule has 2 amide bonds. The fourth-order valence-corrected chi connectivity index (χ4v) is 3.37. The van der Waals surface area contributed by atoms with Crippen LogP contribution in [0.2, 0.25) is 5.02 Å². The molecule has 1 saturated heterocycles. The van der Waals surface area contributed by atoms with E-state index in [0.29, 0.717) is 23.7 Å². The summed E-state index contributed by atoms with van der Waals surface area (Å²) in [5, 5.41) is 0.513. The molecule has 1 aliphatic rings. The van der Waals surface area contributed by atoms with Gasteiger partial charge in [-0.1, -0.05) is 29.8 Å². The molecular formula is C20H21ClN2O2. The third-order valence-corrected chi connectivity index (χ3v) is 4.88. The van der Waals surface area contributed by atoms with Gasteiger partial charge in [0.25, 0.3) is 5.91 Å². The number of nitrogens with zero attached hydrogens (tertiary/aromatic N) is 2. The molecule has 1 heterocycles. The van der Waals surface area contributed by atoms with Crippen LogP contribution in [0.3, 0.4) is 0 Å². The molecule has 1 atom stereocenters. The van der Waals surface area contributed by atoms with Crippen LogP contribution in [0.15, 0.2) is 42.5 Å². The monoisotopic (exact) mass is 356 g/mol. The van der Waals surface area contributed by atoms with Crippen molar-refractivity contribution in [3.8, 4) is 0 Å². The fourth-order valence-electron chi connectivity index (χ4n) is 3.18. The number of amides is 2. The molecule has 3 rings (SSSR count). The molecule has 25 heavy (non-hydrogen) atoms. The van der Waals surface area contributed by atoms with Crippen LogP contribution in [-0.4, -0.2) is 35.8 Å². The van der Waals surface area contributed by atoms with Crippen molar-refractivity contribution in [1.82, 2.24) is 4.90 Å². The second-order valence-corrected chi connectivity index (χ2v) is 6.90. The molecule has 4 nitrogen and oxygen atoms in total. The van der Waals surface area contributed by atoms with Crippen LogP contribution in [0.5, 0.6) is 0 Å². The van der Waals surface area contributed by atoms with Crippen LogP contribution in [-0.2, 0) is 4.79 Å². The topological polar surface area (TPSA) is 40.6 Å². The molecule has 2 aromatic carbocycles. The number of carbonyl (C=O) groups is 2. The smallest absolute Gasteiger partial charge is 0.254 e. The van der Waals surface area contributed by atoms with Crippen molar-refractivity contribution in [2.45, 2.75) is 26.8 Å². The molecule has 0 radical (unpaired) electrons. The van der Waals surface area contributed by atoms with Gasteiger partial charge in [-0.2, -0.15) is 0 Å². The Hall–Kier alpha value is -2.33. The SMILES string of the molecule is Cc1ccc(C)c(N2CCN(C(=O)c3cccc(Cl)c3)C(C)C2=O)c1. The molecule has 0 aliphatic carbocycles. The van der Waals surface area contributed by atoms with Gasteiger partial charge in [0.15, 0.2) is 0 Å². The first-order valence-corrected chi connectivity index (χ1v) is 8.71. The van der Waals surface area contributed by atoms with Crippen LogP contribution in [0, 0.1) is 13.8 Å². The first-order chi connectivity index (χ1) is 11.9. The highest BCUT2D eigenvalue weighted by atomic mass is 35.5. The average Bonchev–Trinajstić information content (AvgIpc) is 2.59. The second-order valence-electron chi connectivity index (χ2n) is 6.46. The van der Waals surface area contributed by atoms with E-state index in [1.165, 1.54) is 0 Å². The predicted octanol–water partition coefficient (Wildman–Crippen LogP) is 3.83. The van der Waals surface area contributed by atoms with Crippen molar-refractivity contribution < 1.29 is 9.59 Å². The van der Waals surface area contributed by atoms with Crippen LogP contribution >= 0.6 is 11.6 Å². The Kier molecular flexibility index (Phi) is 4.82. The van der Waals surface area contributed by atoms with Gasteiger partial charge in [-0.05, 0) is 56.2 Å². The highest BCUT2D eigenvalue weighted by Crippen LogP contribution is 2.26. The van der Waals surface area contributed by atoms with E-state index in [0.717, 1.165) is 16.8 Å². The number of aryl methyl sites for hydroxylation is 2. The third kappa shape index (κ3) is 3.40. The number of halogens is 1. The Morgan fingerprint density at radius 2 is 1.88 bits per heavy atom. The molecule has 2 aromatic rings. The van der Waals surface area contributed by atoms with Gasteiger partial charge in [-0.15, -0.1) is 0 Å². The van der Waals surface area contributed by atoms with Gasteiger partial charge in [-0.3, -0.25) is 9.59 Å². The first-order valence-electron chi connectivity index (χ1n) is 8.33. The Bertz CT molecular complexity index is 834. The normalized spacial score (nSPS) is 17.8. The van der Waals surface area contributed by atoms with Gasteiger partial charge < -0.3 is 9.80 Å². The molecular weight excluding hydrogens is 336 g/mol. The standard InChI is InChI=1S/C20H21ClN2O2/c1-13-7-8-14(2)18(11-13)23-10-9-22(15(3)19(23)24)20(25)16-5-4-6-17(21)12-16/h4-8,11-12,15H,9-10H2,1-3H3. The summed E-state index contributed by atoms with van der Waals surface area (Å²) in [5.74, 6) is -0.223. The summed E-state index contributed by atoms with van der Waals surface area (Å²) in [6, 6.07) is 12.4. The van der Waals surface area contributed by atoms with E-state index in [1.807, 2.05) is 32.0 Å². The van der Waals surface area contributed by atoms with Gasteiger partial charge in [0.1, 0.15) is 6.04 Å². The van der Waals surface area contributed by atoms with Crippen molar-refractivity contribution >= 4 is 29.1 Å². The van der Waals surface area contributed by atoms with E-state index in [9.17, 15) is 9.59 Å². The summed E-state index contributed by atoms with van der Waals surface area (Å²) in [6.07, 6.45) is 0. The van der Waals surface area contributed by atoms with Crippen molar-refractivity contribution in [1.29, 1.82) is 0 Å². The first kappa shape index (κ1) is 17.5. The van der Waals surface area contributed by atoms with Gasteiger partial charge in [0.2, 0.25) is 5.91 Å². The van der Waals surface area contributed by atoms with Crippen LogP contribution < -0.4 is 4.90 Å². The Morgan fingerprint density at radius 1 is 1.12 bits per heavy atom. The van der Waals surface area contributed by atoms with E-state index in [4.69, 9.17) is 11.6 Å². The van der Waals surface area contributed by atoms with Gasteiger partial charge in [-0.25, -0.2) is 0 Å². The minimum absolute atomic E-state index is 0.0599. The maximum Gasteiger partial charge on any atom is 0.254 e. The number of hydrogen-bond donors (Lipinski definition) is 0. The van der Waals surface area contributed by atoms with E-state index in [2.05, 4.69) is 0 Å². The van der Waals surface area contributed by atoms with E-state index in [1.54, 1.807) is 41.0 Å². The number of piperazine rings is 1. The van der Waals surface area contributed by atoms with Crippen molar-refractivity contribution in [3.05, 3.63) is 64.2 Å². The van der Waals surface area contributed by atoms with Gasteiger partial charge in [0.05, 0.1) is 0 Å². The average molecular weight is 357 g/mol. The predicted molar refractivity (Wildman–Crippen MR) is 100 cm³/mol.